The summed E-state index contributed by atoms with van der Waals surface area (Å²) in [5.41, 5.74) is 0.552. The van der Waals surface area contributed by atoms with Gasteiger partial charge in [-0.15, -0.1) is 0 Å². The molecule has 0 spiro atoms. The topological polar surface area (TPSA) is 111 Å². The highest BCUT2D eigenvalue weighted by atomic mass is 79.9. The maximum Gasteiger partial charge on any atom is 0.343 e. The number of rotatable bonds is 7. The molecule has 0 atom stereocenters. The molecule has 9 nitrogen and oxygen atoms in total. The largest absolute Gasteiger partial charge is 0.490 e. The van der Waals surface area contributed by atoms with Crippen LogP contribution in [0.3, 0.4) is 0 Å². The van der Waals surface area contributed by atoms with Gasteiger partial charge in [-0.3, -0.25) is 14.9 Å². The normalized spacial score (nSPS) is 14.9. The van der Waals surface area contributed by atoms with E-state index in [1.54, 1.807) is 49.4 Å². The summed E-state index contributed by atoms with van der Waals surface area (Å²) in [5.74, 6) is -1.51. The number of imide groups is 2. The number of ether oxygens (including phenoxy) is 3. The molecule has 1 saturated heterocycles. The fraction of sp³-hybridized carbons (Fsp3) is 0.182. The molecule has 1 heterocycles. The first kappa shape index (κ1) is 23.0. The molecule has 0 aliphatic carbocycles. The lowest BCUT2D eigenvalue weighted by Gasteiger charge is -2.26. The lowest BCUT2D eigenvalue weighted by Crippen LogP contribution is -2.54. The summed E-state index contributed by atoms with van der Waals surface area (Å²) >= 11 is 3.30. The third-order valence-electron chi connectivity index (χ3n) is 4.34. The molecule has 10 heteroatoms. The second-order valence-corrected chi connectivity index (χ2v) is 7.35. The van der Waals surface area contributed by atoms with Crippen LogP contribution in [0.2, 0.25) is 0 Å². The predicted octanol–water partition coefficient (Wildman–Crippen LogP) is 3.07. The zero-order valence-electron chi connectivity index (χ0n) is 17.2. The fourth-order valence-electron chi connectivity index (χ4n) is 2.85. The number of nitrogens with zero attached hydrogens (tertiary/aromatic N) is 1. The van der Waals surface area contributed by atoms with Gasteiger partial charge in [-0.1, -0.05) is 22.0 Å². The van der Waals surface area contributed by atoms with Gasteiger partial charge in [0.05, 0.1) is 19.4 Å². The maximum absolute atomic E-state index is 13.0. The molecular formula is C22H19BrN2O7. The summed E-state index contributed by atoms with van der Waals surface area (Å²) in [7, 11) is 1.25. The van der Waals surface area contributed by atoms with Gasteiger partial charge >= 0.3 is 12.0 Å². The number of carbonyl (C=O) groups excluding carboxylic acids is 4. The lowest BCUT2D eigenvalue weighted by atomic mass is 10.1. The first-order chi connectivity index (χ1) is 15.3. The molecule has 1 N–H and O–H groups in total. The molecule has 0 aromatic heterocycles. The Hall–Kier alpha value is -3.66. The van der Waals surface area contributed by atoms with Gasteiger partial charge in [-0.25, -0.2) is 14.5 Å². The molecule has 0 bridgehead atoms. The molecule has 2 aromatic rings. The molecule has 2 aromatic carbocycles. The van der Waals surface area contributed by atoms with E-state index in [-0.39, 0.29) is 12.2 Å². The van der Waals surface area contributed by atoms with Crippen LogP contribution in [0.15, 0.2) is 52.5 Å². The quantitative estimate of drug-likeness (QED) is 0.351. The van der Waals surface area contributed by atoms with Crippen molar-refractivity contribution in [1.82, 2.24) is 5.32 Å². The number of urea groups is 1. The Morgan fingerprint density at radius 3 is 2.44 bits per heavy atom. The number of hydrogen-bond acceptors (Lipinski definition) is 7. The molecule has 0 saturated carbocycles. The summed E-state index contributed by atoms with van der Waals surface area (Å²) in [6.45, 7) is 1.79. The molecule has 0 unspecified atom stereocenters. The number of hydrogen-bond donors (Lipinski definition) is 1. The van der Waals surface area contributed by atoms with Crippen molar-refractivity contribution < 1.29 is 33.4 Å². The van der Waals surface area contributed by atoms with Crippen LogP contribution < -0.4 is 19.7 Å². The highest BCUT2D eigenvalue weighted by molar-refractivity contribution is 9.10. The molecule has 1 aliphatic heterocycles. The number of nitrogens with one attached hydrogen (secondary N) is 1. The highest BCUT2D eigenvalue weighted by Crippen LogP contribution is 2.30. The SMILES string of the molecule is CCOc1cc(/C=C2\C(=O)NC(=O)N(c3ccc(Br)cc3)C2=O)ccc1OCC(=O)OC. The van der Waals surface area contributed by atoms with Crippen LogP contribution >= 0.6 is 15.9 Å². The lowest BCUT2D eigenvalue weighted by molar-refractivity contribution is -0.143. The number of esters is 1. The summed E-state index contributed by atoms with van der Waals surface area (Å²) in [5, 5.41) is 2.17. The van der Waals surface area contributed by atoms with Gasteiger partial charge in [0.25, 0.3) is 11.8 Å². The van der Waals surface area contributed by atoms with Gasteiger partial charge in [-0.2, -0.15) is 0 Å². The molecule has 166 valence electrons. The minimum Gasteiger partial charge on any atom is -0.490 e. The first-order valence-corrected chi connectivity index (χ1v) is 10.3. The van der Waals surface area contributed by atoms with Crippen molar-refractivity contribution in [2.75, 3.05) is 25.2 Å². The van der Waals surface area contributed by atoms with Gasteiger partial charge < -0.3 is 14.2 Å². The standard InChI is InChI=1S/C22H19BrN2O7/c1-3-31-18-11-13(4-9-17(18)32-12-19(26)30-2)10-16-20(27)24-22(29)25(21(16)28)15-7-5-14(23)6-8-15/h4-11H,3,12H2,1-2H3,(H,24,27,29)/b16-10+. The Morgan fingerprint density at radius 1 is 1.06 bits per heavy atom. The molecule has 32 heavy (non-hydrogen) atoms. The van der Waals surface area contributed by atoms with Gasteiger partial charge in [0.15, 0.2) is 18.1 Å². The van der Waals surface area contributed by atoms with Gasteiger partial charge in [0.1, 0.15) is 5.57 Å². The van der Waals surface area contributed by atoms with E-state index in [0.29, 0.717) is 29.4 Å². The van der Waals surface area contributed by atoms with E-state index < -0.39 is 23.8 Å². The maximum atomic E-state index is 13.0. The van der Waals surface area contributed by atoms with E-state index in [1.807, 2.05) is 0 Å². The molecular weight excluding hydrogens is 484 g/mol. The van der Waals surface area contributed by atoms with Crippen molar-refractivity contribution in [2.45, 2.75) is 6.92 Å². The zero-order chi connectivity index (χ0) is 23.3. The summed E-state index contributed by atoms with van der Waals surface area (Å²) < 4.78 is 16.3. The van der Waals surface area contributed by atoms with E-state index in [1.165, 1.54) is 13.2 Å². The van der Waals surface area contributed by atoms with Gasteiger partial charge in [-0.05, 0) is 55.0 Å². The Balaban J connectivity index is 1.92. The number of benzene rings is 2. The Labute approximate surface area is 192 Å². The number of methoxy groups -OCH3 is 1. The van der Waals surface area contributed by atoms with E-state index in [0.717, 1.165) is 9.37 Å². The van der Waals surface area contributed by atoms with E-state index in [2.05, 4.69) is 26.0 Å². The fourth-order valence-corrected chi connectivity index (χ4v) is 3.11. The molecule has 0 radical (unpaired) electrons. The number of barbiturate groups is 1. The third-order valence-corrected chi connectivity index (χ3v) is 4.87. The van der Waals surface area contributed by atoms with Crippen molar-refractivity contribution in [1.29, 1.82) is 0 Å². The van der Waals surface area contributed by atoms with E-state index >= 15 is 0 Å². The Kier molecular flexibility index (Phi) is 7.26. The van der Waals surface area contributed by atoms with Gasteiger partial charge in [0.2, 0.25) is 0 Å². The van der Waals surface area contributed by atoms with Crippen molar-refractivity contribution in [3.8, 4) is 11.5 Å². The third kappa shape index (κ3) is 5.14. The monoisotopic (exact) mass is 502 g/mol. The Bertz CT molecular complexity index is 1100. The van der Waals surface area contributed by atoms with Crippen LogP contribution in [0.1, 0.15) is 12.5 Å². The minimum absolute atomic E-state index is 0.224. The van der Waals surface area contributed by atoms with Crippen LogP contribution in [-0.2, 0) is 19.1 Å². The van der Waals surface area contributed by atoms with E-state index in [9.17, 15) is 19.2 Å². The summed E-state index contributed by atoms with van der Waals surface area (Å²) in [6.07, 6.45) is 1.35. The molecule has 4 amide bonds. The van der Waals surface area contributed by atoms with Crippen molar-refractivity contribution in [3.63, 3.8) is 0 Å². The zero-order valence-corrected chi connectivity index (χ0v) is 18.8. The highest BCUT2D eigenvalue weighted by Gasteiger charge is 2.36. The summed E-state index contributed by atoms with van der Waals surface area (Å²) in [4.78, 5) is 49.9. The van der Waals surface area contributed by atoms with Crippen LogP contribution in [-0.4, -0.2) is 44.1 Å². The van der Waals surface area contributed by atoms with Crippen LogP contribution in [0.4, 0.5) is 10.5 Å². The Morgan fingerprint density at radius 2 is 1.78 bits per heavy atom. The van der Waals surface area contributed by atoms with Gasteiger partial charge in [0, 0.05) is 4.47 Å². The van der Waals surface area contributed by atoms with Crippen LogP contribution in [0.25, 0.3) is 6.08 Å². The van der Waals surface area contributed by atoms with Crippen LogP contribution in [0.5, 0.6) is 11.5 Å². The van der Waals surface area contributed by atoms with Crippen molar-refractivity contribution in [3.05, 3.63) is 58.1 Å². The average Bonchev–Trinajstić information content (AvgIpc) is 2.77. The average molecular weight is 503 g/mol. The molecule has 1 aliphatic rings. The number of anilines is 1. The minimum atomic E-state index is -0.832. The molecule has 1 fully saturated rings. The summed E-state index contributed by atoms with van der Waals surface area (Å²) in [6, 6.07) is 10.4. The number of carbonyl (C=O) groups is 4. The van der Waals surface area contributed by atoms with Crippen LogP contribution in [0, 0.1) is 0 Å². The second-order valence-electron chi connectivity index (χ2n) is 6.44. The van der Waals surface area contributed by atoms with E-state index in [4.69, 9.17) is 9.47 Å². The molecule has 3 rings (SSSR count). The van der Waals surface area contributed by atoms with Crippen molar-refractivity contribution >= 4 is 51.5 Å². The number of halogens is 1. The number of amides is 4. The predicted molar refractivity (Wildman–Crippen MR) is 118 cm³/mol. The smallest absolute Gasteiger partial charge is 0.343 e. The van der Waals surface area contributed by atoms with Crippen molar-refractivity contribution in [2.24, 2.45) is 0 Å². The first-order valence-electron chi connectivity index (χ1n) is 9.47. The second kappa shape index (κ2) is 10.1.